The maximum atomic E-state index is 12.7. The van der Waals surface area contributed by atoms with Gasteiger partial charge < -0.3 is 10.1 Å². The number of amides is 1. The lowest BCUT2D eigenvalue weighted by molar-refractivity contribution is 0.0374. The Morgan fingerprint density at radius 1 is 1.28 bits per heavy atom. The van der Waals surface area contributed by atoms with Gasteiger partial charge in [0.25, 0.3) is 5.91 Å². The van der Waals surface area contributed by atoms with Crippen LogP contribution in [0.2, 0.25) is 0 Å². The molecule has 2 aromatic rings. The molecular formula is C20H27N3O2. The summed E-state index contributed by atoms with van der Waals surface area (Å²) in [4.78, 5) is 19.8. The van der Waals surface area contributed by atoms with Crippen molar-refractivity contribution in [3.8, 4) is 0 Å². The summed E-state index contributed by atoms with van der Waals surface area (Å²) in [6.45, 7) is 9.48. The Morgan fingerprint density at radius 3 is 2.80 bits per heavy atom. The van der Waals surface area contributed by atoms with Gasteiger partial charge in [0, 0.05) is 30.7 Å². The number of aromatic nitrogens is 1. The van der Waals surface area contributed by atoms with E-state index in [1.165, 1.54) is 0 Å². The lowest BCUT2D eigenvalue weighted by atomic mass is 10.0. The molecule has 134 valence electrons. The molecule has 5 heteroatoms. The maximum absolute atomic E-state index is 12.7. The van der Waals surface area contributed by atoms with Crippen LogP contribution in [-0.2, 0) is 4.74 Å². The van der Waals surface area contributed by atoms with Crippen LogP contribution in [0, 0.1) is 0 Å². The quantitative estimate of drug-likeness (QED) is 0.821. The van der Waals surface area contributed by atoms with Crippen LogP contribution in [0.3, 0.4) is 0 Å². The summed E-state index contributed by atoms with van der Waals surface area (Å²) in [7, 11) is 0. The number of hydrogen-bond donors (Lipinski definition) is 1. The molecule has 1 aliphatic rings. The van der Waals surface area contributed by atoms with Crippen LogP contribution in [0.15, 0.2) is 30.3 Å². The highest BCUT2D eigenvalue weighted by atomic mass is 16.5. The third kappa shape index (κ3) is 4.55. The first-order chi connectivity index (χ1) is 12.1. The molecule has 0 unspecified atom stereocenters. The predicted molar refractivity (Wildman–Crippen MR) is 100 cm³/mol. The molecule has 1 aliphatic heterocycles. The van der Waals surface area contributed by atoms with Crippen molar-refractivity contribution in [2.24, 2.45) is 0 Å². The number of fused-ring (bicyclic) bond motifs is 1. The van der Waals surface area contributed by atoms with E-state index in [-0.39, 0.29) is 11.8 Å². The number of para-hydroxylation sites is 1. The SMILES string of the molecule is CC(C)c1cc(C(=O)NCCCN2CCOCC2)c2ccccc2n1. The number of morpholine rings is 1. The van der Waals surface area contributed by atoms with Crippen LogP contribution < -0.4 is 5.32 Å². The van der Waals surface area contributed by atoms with Crippen molar-refractivity contribution in [3.05, 3.63) is 41.6 Å². The summed E-state index contributed by atoms with van der Waals surface area (Å²) in [5.74, 6) is 0.278. The van der Waals surface area contributed by atoms with Crippen LogP contribution >= 0.6 is 0 Å². The zero-order chi connectivity index (χ0) is 17.6. The van der Waals surface area contributed by atoms with Crippen molar-refractivity contribution < 1.29 is 9.53 Å². The van der Waals surface area contributed by atoms with Gasteiger partial charge in [-0.1, -0.05) is 32.0 Å². The molecule has 3 rings (SSSR count). The second-order valence-electron chi connectivity index (χ2n) is 6.83. The summed E-state index contributed by atoms with van der Waals surface area (Å²) >= 11 is 0. The maximum Gasteiger partial charge on any atom is 0.252 e. The number of carbonyl (C=O) groups excluding carboxylic acids is 1. The van der Waals surface area contributed by atoms with E-state index < -0.39 is 0 Å². The van der Waals surface area contributed by atoms with Crippen molar-refractivity contribution in [2.45, 2.75) is 26.2 Å². The van der Waals surface area contributed by atoms with Gasteiger partial charge in [-0.2, -0.15) is 0 Å². The largest absolute Gasteiger partial charge is 0.379 e. The highest BCUT2D eigenvalue weighted by Gasteiger charge is 2.14. The molecule has 1 aromatic heterocycles. The summed E-state index contributed by atoms with van der Waals surface area (Å²) in [6, 6.07) is 9.79. The molecule has 5 nitrogen and oxygen atoms in total. The second-order valence-corrected chi connectivity index (χ2v) is 6.83. The molecule has 2 heterocycles. The fourth-order valence-electron chi connectivity index (χ4n) is 3.10. The molecule has 0 bridgehead atoms. The molecule has 25 heavy (non-hydrogen) atoms. The van der Waals surface area contributed by atoms with E-state index >= 15 is 0 Å². The number of hydrogen-bond acceptors (Lipinski definition) is 4. The molecule has 1 N–H and O–H groups in total. The van der Waals surface area contributed by atoms with Crippen LogP contribution in [0.1, 0.15) is 42.2 Å². The fourth-order valence-corrected chi connectivity index (χ4v) is 3.10. The lowest BCUT2D eigenvalue weighted by Crippen LogP contribution is -2.38. The van der Waals surface area contributed by atoms with E-state index in [0.29, 0.717) is 6.54 Å². The van der Waals surface area contributed by atoms with Crippen molar-refractivity contribution in [1.82, 2.24) is 15.2 Å². The molecule has 0 aliphatic carbocycles. The topological polar surface area (TPSA) is 54.5 Å². The molecular weight excluding hydrogens is 314 g/mol. The zero-order valence-electron chi connectivity index (χ0n) is 15.1. The smallest absolute Gasteiger partial charge is 0.252 e. The van der Waals surface area contributed by atoms with Crippen LogP contribution in [0.5, 0.6) is 0 Å². The average Bonchev–Trinajstić information content (AvgIpc) is 2.65. The summed E-state index contributed by atoms with van der Waals surface area (Å²) in [5, 5.41) is 3.99. The number of carbonyl (C=O) groups is 1. The van der Waals surface area contributed by atoms with Crippen LogP contribution in [0.4, 0.5) is 0 Å². The Labute approximate surface area is 149 Å². The summed E-state index contributed by atoms with van der Waals surface area (Å²) < 4.78 is 5.36. The zero-order valence-corrected chi connectivity index (χ0v) is 15.1. The minimum atomic E-state index is -0.0116. The molecule has 1 fully saturated rings. The molecule has 0 atom stereocenters. The average molecular weight is 341 g/mol. The molecule has 0 radical (unpaired) electrons. The van der Waals surface area contributed by atoms with Crippen LogP contribution in [0.25, 0.3) is 10.9 Å². The van der Waals surface area contributed by atoms with Gasteiger partial charge in [0.05, 0.1) is 24.3 Å². The molecule has 0 spiro atoms. The predicted octanol–water partition coefficient (Wildman–Crippen LogP) is 2.81. The first-order valence-corrected chi connectivity index (χ1v) is 9.13. The van der Waals surface area contributed by atoms with E-state index in [1.807, 2.05) is 30.3 Å². The van der Waals surface area contributed by atoms with Gasteiger partial charge in [0.2, 0.25) is 0 Å². The third-order valence-corrected chi connectivity index (χ3v) is 4.61. The monoisotopic (exact) mass is 341 g/mol. The van der Waals surface area contributed by atoms with Crippen molar-refractivity contribution in [1.29, 1.82) is 0 Å². The van der Waals surface area contributed by atoms with Gasteiger partial charge in [-0.05, 0) is 31.0 Å². The first-order valence-electron chi connectivity index (χ1n) is 9.13. The molecule has 1 amide bonds. The van der Waals surface area contributed by atoms with Crippen molar-refractivity contribution >= 4 is 16.8 Å². The second kappa shape index (κ2) is 8.41. The van der Waals surface area contributed by atoms with Gasteiger partial charge >= 0.3 is 0 Å². The number of benzene rings is 1. The Morgan fingerprint density at radius 2 is 2.04 bits per heavy atom. The molecule has 1 saturated heterocycles. The minimum Gasteiger partial charge on any atom is -0.379 e. The Kier molecular flexibility index (Phi) is 6.00. The Bertz CT molecular complexity index is 724. The standard InChI is InChI=1S/C20H27N3O2/c1-15(2)19-14-17(16-6-3-4-7-18(16)22-19)20(24)21-8-5-9-23-10-12-25-13-11-23/h3-4,6-7,14-15H,5,8-13H2,1-2H3,(H,21,24). The van der Waals surface area contributed by atoms with Gasteiger partial charge in [-0.25, -0.2) is 0 Å². The van der Waals surface area contributed by atoms with E-state index in [1.54, 1.807) is 0 Å². The number of nitrogens with zero attached hydrogens (tertiary/aromatic N) is 2. The first kappa shape index (κ1) is 17.8. The van der Waals surface area contributed by atoms with E-state index in [9.17, 15) is 4.79 Å². The Balaban J connectivity index is 1.64. The number of ether oxygens (including phenoxy) is 1. The fraction of sp³-hybridized carbons (Fsp3) is 0.500. The van der Waals surface area contributed by atoms with Gasteiger partial charge in [-0.15, -0.1) is 0 Å². The minimum absolute atomic E-state index is 0.0116. The van der Waals surface area contributed by atoms with E-state index in [0.717, 1.165) is 61.4 Å². The van der Waals surface area contributed by atoms with Crippen molar-refractivity contribution in [3.63, 3.8) is 0 Å². The van der Waals surface area contributed by atoms with Gasteiger partial charge in [0.15, 0.2) is 0 Å². The van der Waals surface area contributed by atoms with Gasteiger partial charge in [0.1, 0.15) is 0 Å². The lowest BCUT2D eigenvalue weighted by Gasteiger charge is -2.26. The van der Waals surface area contributed by atoms with Crippen molar-refractivity contribution in [2.75, 3.05) is 39.4 Å². The highest BCUT2D eigenvalue weighted by molar-refractivity contribution is 6.06. The number of nitrogens with one attached hydrogen (secondary N) is 1. The van der Waals surface area contributed by atoms with Gasteiger partial charge in [-0.3, -0.25) is 14.7 Å². The number of rotatable bonds is 6. The Hall–Kier alpha value is -1.98. The van der Waals surface area contributed by atoms with E-state index in [2.05, 4.69) is 29.0 Å². The summed E-state index contributed by atoms with van der Waals surface area (Å²) in [6.07, 6.45) is 0.950. The summed E-state index contributed by atoms with van der Waals surface area (Å²) in [5.41, 5.74) is 2.56. The van der Waals surface area contributed by atoms with Crippen LogP contribution in [-0.4, -0.2) is 55.2 Å². The molecule has 1 aromatic carbocycles. The third-order valence-electron chi connectivity index (χ3n) is 4.61. The van der Waals surface area contributed by atoms with E-state index in [4.69, 9.17) is 4.74 Å². The number of pyridine rings is 1. The normalized spacial score (nSPS) is 15.6. The molecule has 0 saturated carbocycles. The highest BCUT2D eigenvalue weighted by Crippen LogP contribution is 2.22.